The summed E-state index contributed by atoms with van der Waals surface area (Å²) in [6.45, 7) is 2.90. The van der Waals surface area contributed by atoms with Crippen LogP contribution in [0.3, 0.4) is 0 Å². The minimum atomic E-state index is -1.28. The molecular weight excluding hydrogens is 368 g/mol. The molecule has 0 fully saturated rings. The van der Waals surface area contributed by atoms with E-state index in [0.29, 0.717) is 24.3 Å². The van der Waals surface area contributed by atoms with Gasteiger partial charge in [-0.05, 0) is 31.2 Å². The van der Waals surface area contributed by atoms with Gasteiger partial charge in [0.2, 0.25) is 0 Å². The van der Waals surface area contributed by atoms with Crippen molar-refractivity contribution in [2.75, 3.05) is 26.4 Å². The molecule has 0 saturated heterocycles. The van der Waals surface area contributed by atoms with Crippen molar-refractivity contribution in [3.63, 3.8) is 0 Å². The van der Waals surface area contributed by atoms with E-state index in [1.54, 1.807) is 60.7 Å². The molecule has 0 spiro atoms. The maximum atomic E-state index is 12.0. The molecule has 28 heavy (non-hydrogen) atoms. The molecule has 2 aromatic rings. The van der Waals surface area contributed by atoms with E-state index in [4.69, 9.17) is 29.0 Å². The highest BCUT2D eigenvalue weighted by molar-refractivity contribution is 5.89. The molecule has 8 heteroatoms. The van der Waals surface area contributed by atoms with Crippen LogP contribution in [-0.4, -0.2) is 44.7 Å². The van der Waals surface area contributed by atoms with Crippen molar-refractivity contribution in [1.29, 1.82) is 0 Å². The van der Waals surface area contributed by atoms with Crippen LogP contribution in [0.5, 0.6) is 0 Å². The van der Waals surface area contributed by atoms with Gasteiger partial charge in [0, 0.05) is 6.61 Å². The Morgan fingerprint density at radius 3 is 1.68 bits per heavy atom. The summed E-state index contributed by atoms with van der Waals surface area (Å²) in [5.74, 6) is -1.45. The number of hydrogen-bond acceptors (Lipinski definition) is 8. The molecule has 0 aliphatic heterocycles. The van der Waals surface area contributed by atoms with Crippen LogP contribution in [0, 0.1) is 0 Å². The largest absolute Gasteiger partial charge is 0.379 e. The van der Waals surface area contributed by atoms with E-state index in [2.05, 4.69) is 0 Å². The number of hydrogen-bond donors (Lipinski definition) is 0. The van der Waals surface area contributed by atoms with Gasteiger partial charge in [0.1, 0.15) is 6.61 Å². The first kappa shape index (κ1) is 21.5. The van der Waals surface area contributed by atoms with Gasteiger partial charge in [0.05, 0.1) is 24.3 Å². The molecule has 0 amide bonds. The molecule has 0 unspecified atom stereocenters. The van der Waals surface area contributed by atoms with Crippen LogP contribution in [0.2, 0.25) is 0 Å². The molecule has 0 saturated carbocycles. The minimum absolute atomic E-state index is 0.156. The second-order valence-electron chi connectivity index (χ2n) is 5.37. The summed E-state index contributed by atoms with van der Waals surface area (Å²) in [5, 5.41) is 0. The zero-order chi connectivity index (χ0) is 20.0. The van der Waals surface area contributed by atoms with Crippen molar-refractivity contribution in [3.8, 4) is 0 Å². The lowest BCUT2D eigenvalue weighted by Gasteiger charge is -2.15. The van der Waals surface area contributed by atoms with E-state index in [1.165, 1.54) is 0 Å². The summed E-state index contributed by atoms with van der Waals surface area (Å²) in [7, 11) is 0. The van der Waals surface area contributed by atoms with Gasteiger partial charge in [-0.2, -0.15) is 0 Å². The van der Waals surface area contributed by atoms with Crippen molar-refractivity contribution >= 4 is 11.9 Å². The fourth-order valence-electron chi connectivity index (χ4n) is 1.95. The highest BCUT2D eigenvalue weighted by Gasteiger charge is 2.20. The van der Waals surface area contributed by atoms with Crippen molar-refractivity contribution in [2.24, 2.45) is 0 Å². The normalized spacial score (nSPS) is 10.6. The van der Waals surface area contributed by atoms with Gasteiger partial charge in [-0.1, -0.05) is 36.4 Å². The standard InChI is InChI=1S/C20H22O8/c1-2-23-13-14-24-15-18(25-27-19(21)16-9-5-3-6-10-16)26-28-20(22)17-11-7-4-8-12-17/h3-12,18H,2,13-15H2,1H3. The Balaban J connectivity index is 1.84. The van der Waals surface area contributed by atoms with Crippen LogP contribution in [0.4, 0.5) is 0 Å². The van der Waals surface area contributed by atoms with Crippen LogP contribution in [0.25, 0.3) is 0 Å². The average Bonchev–Trinajstić information content (AvgIpc) is 2.75. The maximum Gasteiger partial charge on any atom is 0.373 e. The summed E-state index contributed by atoms with van der Waals surface area (Å²) in [4.78, 5) is 43.3. The quantitative estimate of drug-likeness (QED) is 0.237. The van der Waals surface area contributed by atoms with Crippen molar-refractivity contribution < 1.29 is 38.6 Å². The zero-order valence-electron chi connectivity index (χ0n) is 15.4. The van der Waals surface area contributed by atoms with E-state index in [0.717, 1.165) is 0 Å². The molecule has 0 aromatic heterocycles. The molecule has 0 atom stereocenters. The molecule has 0 bridgehead atoms. The first-order chi connectivity index (χ1) is 13.7. The highest BCUT2D eigenvalue weighted by Crippen LogP contribution is 2.07. The zero-order valence-corrected chi connectivity index (χ0v) is 15.4. The molecule has 0 radical (unpaired) electrons. The van der Waals surface area contributed by atoms with Crippen LogP contribution >= 0.6 is 0 Å². The molecule has 0 aliphatic rings. The second-order valence-corrected chi connectivity index (χ2v) is 5.37. The average molecular weight is 390 g/mol. The summed E-state index contributed by atoms with van der Waals surface area (Å²) in [6.07, 6.45) is -1.28. The van der Waals surface area contributed by atoms with Gasteiger partial charge < -0.3 is 9.47 Å². The van der Waals surface area contributed by atoms with E-state index >= 15 is 0 Å². The Morgan fingerprint density at radius 2 is 1.21 bits per heavy atom. The Hall–Kier alpha value is -2.78. The van der Waals surface area contributed by atoms with Crippen molar-refractivity contribution in [2.45, 2.75) is 13.2 Å². The Kier molecular flexibility index (Phi) is 9.67. The van der Waals surface area contributed by atoms with Crippen LogP contribution in [0.15, 0.2) is 60.7 Å². The minimum Gasteiger partial charge on any atom is -0.379 e. The molecule has 150 valence electrons. The predicted octanol–water partition coefficient (Wildman–Crippen LogP) is 2.94. The SMILES string of the molecule is CCOCCOCC(OOC(=O)c1ccccc1)OOC(=O)c1ccccc1. The highest BCUT2D eigenvalue weighted by atomic mass is 17.3. The molecule has 2 rings (SSSR count). The Bertz CT molecular complexity index is 649. The summed E-state index contributed by atoms with van der Waals surface area (Å²) in [6, 6.07) is 16.5. The first-order valence-corrected chi connectivity index (χ1v) is 8.71. The lowest BCUT2D eigenvalue weighted by Crippen LogP contribution is -2.27. The van der Waals surface area contributed by atoms with Gasteiger partial charge in [-0.3, -0.25) is 9.78 Å². The van der Waals surface area contributed by atoms with E-state index < -0.39 is 18.2 Å². The molecular formula is C20H22O8. The summed E-state index contributed by atoms with van der Waals surface area (Å²) >= 11 is 0. The predicted molar refractivity (Wildman–Crippen MR) is 97.0 cm³/mol. The number of ether oxygens (including phenoxy) is 2. The number of carbonyl (C=O) groups excluding carboxylic acids is 2. The smallest absolute Gasteiger partial charge is 0.373 e. The van der Waals surface area contributed by atoms with Crippen LogP contribution < -0.4 is 0 Å². The summed E-state index contributed by atoms with van der Waals surface area (Å²) in [5.41, 5.74) is 0.583. The third-order valence-corrected chi connectivity index (χ3v) is 3.31. The first-order valence-electron chi connectivity index (χ1n) is 8.71. The summed E-state index contributed by atoms with van der Waals surface area (Å²) < 4.78 is 10.5. The van der Waals surface area contributed by atoms with E-state index in [1.807, 2.05) is 6.92 Å². The van der Waals surface area contributed by atoms with Gasteiger partial charge in [0.15, 0.2) is 0 Å². The Labute approximate surface area is 162 Å². The molecule has 0 heterocycles. The van der Waals surface area contributed by atoms with E-state index in [-0.39, 0.29) is 13.2 Å². The fourth-order valence-corrected chi connectivity index (χ4v) is 1.95. The van der Waals surface area contributed by atoms with Crippen LogP contribution in [0.1, 0.15) is 27.6 Å². The van der Waals surface area contributed by atoms with Gasteiger partial charge >= 0.3 is 11.9 Å². The van der Waals surface area contributed by atoms with Gasteiger partial charge in [-0.25, -0.2) is 9.59 Å². The molecule has 8 nitrogen and oxygen atoms in total. The molecule has 0 N–H and O–H groups in total. The Morgan fingerprint density at radius 1 is 0.750 bits per heavy atom. The molecule has 2 aromatic carbocycles. The number of rotatable bonds is 12. The maximum absolute atomic E-state index is 12.0. The number of carbonyl (C=O) groups is 2. The van der Waals surface area contributed by atoms with Gasteiger partial charge in [-0.15, -0.1) is 9.78 Å². The lowest BCUT2D eigenvalue weighted by molar-refractivity contribution is -0.427. The van der Waals surface area contributed by atoms with Crippen LogP contribution in [-0.2, 0) is 29.0 Å². The van der Waals surface area contributed by atoms with Gasteiger partial charge in [0.25, 0.3) is 6.29 Å². The monoisotopic (exact) mass is 390 g/mol. The van der Waals surface area contributed by atoms with Crippen molar-refractivity contribution in [1.82, 2.24) is 0 Å². The third kappa shape index (κ3) is 7.85. The lowest BCUT2D eigenvalue weighted by atomic mass is 10.2. The van der Waals surface area contributed by atoms with E-state index in [9.17, 15) is 9.59 Å². The number of benzene rings is 2. The van der Waals surface area contributed by atoms with Crippen molar-refractivity contribution in [3.05, 3.63) is 71.8 Å². The second kappa shape index (κ2) is 12.6. The molecule has 0 aliphatic carbocycles. The third-order valence-electron chi connectivity index (χ3n) is 3.31. The fraction of sp³-hybridized carbons (Fsp3) is 0.300. The topological polar surface area (TPSA) is 89.5 Å².